The van der Waals surface area contributed by atoms with E-state index in [1.807, 2.05) is 19.1 Å². The van der Waals surface area contributed by atoms with Crippen molar-refractivity contribution in [2.75, 3.05) is 12.0 Å². The first-order valence-corrected chi connectivity index (χ1v) is 11.1. The molecule has 1 atom stereocenters. The number of ether oxygens (including phenoxy) is 1. The van der Waals surface area contributed by atoms with E-state index >= 15 is 0 Å². The van der Waals surface area contributed by atoms with E-state index in [1.165, 1.54) is 24.1 Å². The molecule has 0 saturated carbocycles. The van der Waals surface area contributed by atoms with Crippen LogP contribution in [0.3, 0.4) is 0 Å². The molecule has 158 valence electrons. The molecule has 3 aromatic carbocycles. The Morgan fingerprint density at radius 3 is 2.26 bits per heavy atom. The summed E-state index contributed by atoms with van der Waals surface area (Å²) in [5.41, 5.74) is 1.97. The smallest absolute Gasteiger partial charge is 0.295 e. The fraction of sp³-hybridized carbons (Fsp3) is 0.125. The van der Waals surface area contributed by atoms with Crippen molar-refractivity contribution in [2.24, 2.45) is 0 Å². The highest BCUT2D eigenvalue weighted by atomic mass is 32.2. The molecule has 0 aromatic heterocycles. The van der Waals surface area contributed by atoms with Crippen LogP contribution in [-0.2, 0) is 14.6 Å². The molecule has 0 bridgehead atoms. The Morgan fingerprint density at radius 1 is 0.935 bits per heavy atom. The number of hydrogen-bond donors (Lipinski definition) is 1. The Morgan fingerprint density at radius 2 is 1.61 bits per heavy atom. The summed E-state index contributed by atoms with van der Waals surface area (Å²) in [6.07, 6.45) is 0. The Balaban J connectivity index is 1.95. The minimum Gasteiger partial charge on any atom is -0.502 e. The van der Waals surface area contributed by atoms with Crippen LogP contribution in [0.1, 0.15) is 17.2 Å². The van der Waals surface area contributed by atoms with Gasteiger partial charge in [0.15, 0.2) is 5.76 Å². The van der Waals surface area contributed by atoms with Crippen LogP contribution in [-0.4, -0.2) is 26.5 Å². The zero-order valence-corrected chi connectivity index (χ0v) is 17.8. The second kappa shape index (κ2) is 7.92. The molecule has 1 heterocycles. The van der Waals surface area contributed by atoms with E-state index in [4.69, 9.17) is 4.74 Å². The summed E-state index contributed by atoms with van der Waals surface area (Å²) < 4.78 is 32.4. The van der Waals surface area contributed by atoms with Crippen LogP contribution < -0.4 is 9.64 Å². The molecule has 1 aliphatic heterocycles. The largest absolute Gasteiger partial charge is 0.502 e. The van der Waals surface area contributed by atoms with Gasteiger partial charge in [-0.2, -0.15) is 0 Å². The number of aliphatic hydroxyl groups excluding tert-OH is 1. The summed E-state index contributed by atoms with van der Waals surface area (Å²) in [6, 6.07) is 20.7. The fourth-order valence-corrected chi connectivity index (χ4v) is 5.31. The molecule has 3 aromatic rings. The lowest BCUT2D eigenvalue weighted by molar-refractivity contribution is -0.117. The number of benzene rings is 3. The lowest BCUT2D eigenvalue weighted by Gasteiger charge is -2.27. The van der Waals surface area contributed by atoms with Crippen LogP contribution in [0.2, 0.25) is 0 Å². The number of hydrogen-bond acceptors (Lipinski definition) is 5. The predicted octanol–water partition coefficient (Wildman–Crippen LogP) is 4.34. The van der Waals surface area contributed by atoms with E-state index in [9.17, 15) is 18.3 Å². The third-order valence-electron chi connectivity index (χ3n) is 5.23. The molecule has 6 nitrogen and oxygen atoms in total. The maximum Gasteiger partial charge on any atom is 0.295 e. The number of aliphatic hydroxyl groups is 1. The highest BCUT2D eigenvalue weighted by Gasteiger charge is 2.47. The summed E-state index contributed by atoms with van der Waals surface area (Å²) in [7, 11) is -2.65. The molecule has 0 radical (unpaired) electrons. The maximum atomic E-state index is 13.5. The third kappa shape index (κ3) is 3.57. The van der Waals surface area contributed by atoms with Crippen molar-refractivity contribution in [3.05, 3.63) is 101 Å². The zero-order valence-electron chi connectivity index (χ0n) is 17.0. The van der Waals surface area contributed by atoms with Crippen molar-refractivity contribution in [3.8, 4) is 5.75 Å². The Bertz CT molecular complexity index is 1260. The predicted molar refractivity (Wildman–Crippen MR) is 118 cm³/mol. The minimum atomic E-state index is -4.16. The van der Waals surface area contributed by atoms with Crippen LogP contribution in [0.5, 0.6) is 5.75 Å². The van der Waals surface area contributed by atoms with E-state index in [0.29, 0.717) is 17.0 Å². The third-order valence-corrected chi connectivity index (χ3v) is 7.11. The Kier molecular flexibility index (Phi) is 5.29. The molecule has 1 N–H and O–H groups in total. The minimum absolute atomic E-state index is 0.00278. The van der Waals surface area contributed by atoms with Crippen molar-refractivity contribution in [2.45, 2.75) is 17.9 Å². The van der Waals surface area contributed by atoms with Gasteiger partial charge in [0.05, 0.1) is 12.0 Å². The van der Waals surface area contributed by atoms with Crippen LogP contribution in [0.4, 0.5) is 5.69 Å². The summed E-state index contributed by atoms with van der Waals surface area (Å²) in [5, 5.41) is 10.8. The Hall–Kier alpha value is -3.58. The quantitative estimate of drug-likeness (QED) is 0.645. The van der Waals surface area contributed by atoms with Gasteiger partial charge in [-0.05, 0) is 48.9 Å². The fourth-order valence-electron chi connectivity index (χ4n) is 3.67. The SMILES string of the molecule is COc1cccc([C@@H]2C(S(=O)(=O)c3ccccc3)=C(O)C(=O)N2c2ccc(C)cc2)c1. The molecule has 0 spiro atoms. The van der Waals surface area contributed by atoms with Crippen LogP contribution in [0.15, 0.2) is 94.4 Å². The van der Waals surface area contributed by atoms with Crippen molar-refractivity contribution < 1.29 is 23.1 Å². The molecule has 4 rings (SSSR count). The van der Waals surface area contributed by atoms with Crippen molar-refractivity contribution in [3.63, 3.8) is 0 Å². The number of aryl methyl sites for hydroxylation is 1. The monoisotopic (exact) mass is 435 g/mol. The summed E-state index contributed by atoms with van der Waals surface area (Å²) in [4.78, 5) is 14.1. The van der Waals surface area contributed by atoms with Crippen LogP contribution in [0.25, 0.3) is 0 Å². The first kappa shape index (κ1) is 20.7. The van der Waals surface area contributed by atoms with E-state index < -0.39 is 27.5 Å². The molecule has 31 heavy (non-hydrogen) atoms. The highest BCUT2D eigenvalue weighted by Crippen LogP contribution is 2.45. The molecular weight excluding hydrogens is 414 g/mol. The molecule has 0 aliphatic carbocycles. The number of anilines is 1. The van der Waals surface area contributed by atoms with Gasteiger partial charge in [0.1, 0.15) is 16.7 Å². The van der Waals surface area contributed by atoms with Crippen molar-refractivity contribution in [1.29, 1.82) is 0 Å². The second-order valence-corrected chi connectivity index (χ2v) is 9.14. The van der Waals surface area contributed by atoms with E-state index in [2.05, 4.69) is 0 Å². The molecule has 7 heteroatoms. The lowest BCUT2D eigenvalue weighted by Crippen LogP contribution is -2.31. The normalized spacial score (nSPS) is 16.6. The molecule has 0 unspecified atom stereocenters. The van der Waals surface area contributed by atoms with E-state index in [-0.39, 0.29) is 9.80 Å². The maximum absolute atomic E-state index is 13.5. The standard InChI is InChI=1S/C24H21NO5S/c1-16-11-13-18(14-12-16)25-21(17-7-6-8-19(15-17)30-2)23(22(26)24(25)27)31(28,29)20-9-4-3-5-10-20/h3-15,21,26H,1-2H3/t21-/m1/s1. The molecule has 0 saturated heterocycles. The molecule has 1 amide bonds. The van der Waals surface area contributed by atoms with Gasteiger partial charge >= 0.3 is 0 Å². The highest BCUT2D eigenvalue weighted by molar-refractivity contribution is 7.95. The van der Waals surface area contributed by atoms with Crippen molar-refractivity contribution in [1.82, 2.24) is 0 Å². The lowest BCUT2D eigenvalue weighted by atomic mass is 10.1. The van der Waals surface area contributed by atoms with Gasteiger partial charge in [0.2, 0.25) is 9.84 Å². The first-order chi connectivity index (χ1) is 14.8. The summed E-state index contributed by atoms with van der Waals surface area (Å²) in [5.74, 6) is -1.04. The van der Waals surface area contributed by atoms with E-state index in [1.54, 1.807) is 54.6 Å². The topological polar surface area (TPSA) is 83.9 Å². The number of carbonyl (C=O) groups excluding carboxylic acids is 1. The molecule has 0 fully saturated rings. The van der Waals surface area contributed by atoms with Crippen LogP contribution in [0, 0.1) is 6.92 Å². The molecular formula is C24H21NO5S. The van der Waals surface area contributed by atoms with Gasteiger partial charge < -0.3 is 9.84 Å². The number of nitrogens with zero attached hydrogens (tertiary/aromatic N) is 1. The average molecular weight is 436 g/mol. The van der Waals surface area contributed by atoms with Crippen LogP contribution >= 0.6 is 0 Å². The number of sulfone groups is 1. The summed E-state index contributed by atoms with van der Waals surface area (Å²) >= 11 is 0. The van der Waals surface area contributed by atoms with Gasteiger partial charge in [0, 0.05) is 5.69 Å². The number of amides is 1. The number of carbonyl (C=O) groups is 1. The van der Waals surface area contributed by atoms with Gasteiger partial charge in [-0.3, -0.25) is 9.69 Å². The molecule has 1 aliphatic rings. The number of methoxy groups -OCH3 is 1. The second-order valence-electron chi connectivity index (χ2n) is 7.22. The summed E-state index contributed by atoms with van der Waals surface area (Å²) in [6.45, 7) is 1.91. The average Bonchev–Trinajstić information content (AvgIpc) is 3.06. The van der Waals surface area contributed by atoms with Gasteiger partial charge in [-0.25, -0.2) is 8.42 Å². The van der Waals surface area contributed by atoms with Gasteiger partial charge in [0.25, 0.3) is 5.91 Å². The number of rotatable bonds is 5. The van der Waals surface area contributed by atoms with E-state index in [0.717, 1.165) is 5.56 Å². The van der Waals surface area contributed by atoms with Gasteiger partial charge in [-0.15, -0.1) is 0 Å². The van der Waals surface area contributed by atoms with Crippen molar-refractivity contribution >= 4 is 21.4 Å². The van der Waals surface area contributed by atoms with Gasteiger partial charge in [-0.1, -0.05) is 48.0 Å². The first-order valence-electron chi connectivity index (χ1n) is 9.62. The zero-order chi connectivity index (χ0) is 22.2. The Labute approximate surface area is 180 Å².